The maximum Gasteiger partial charge on any atom is 0.254 e. The smallest absolute Gasteiger partial charge is 0.254 e. The van der Waals surface area contributed by atoms with Gasteiger partial charge in [-0.25, -0.2) is 0 Å². The van der Waals surface area contributed by atoms with Crippen molar-refractivity contribution in [3.63, 3.8) is 0 Å². The van der Waals surface area contributed by atoms with Crippen LogP contribution in [-0.4, -0.2) is 53.9 Å². The van der Waals surface area contributed by atoms with Gasteiger partial charge in [-0.05, 0) is 50.4 Å². The van der Waals surface area contributed by atoms with E-state index in [1.807, 2.05) is 0 Å². The molecule has 4 atom stereocenters. The molecule has 2 saturated heterocycles. The fourth-order valence-electron chi connectivity index (χ4n) is 6.28. The minimum Gasteiger partial charge on any atom is -0.355 e. The molecule has 4 N–H and O–H groups in total. The van der Waals surface area contributed by atoms with E-state index in [2.05, 4.69) is 16.0 Å². The minimum absolute atomic E-state index is 0.0560. The summed E-state index contributed by atoms with van der Waals surface area (Å²) in [4.78, 5) is 26.7. The molecule has 0 aromatic heterocycles. The second kappa shape index (κ2) is 9.25. The quantitative estimate of drug-likeness (QED) is 0.512. The van der Waals surface area contributed by atoms with E-state index in [1.165, 1.54) is 37.0 Å². The number of likely N-dealkylation sites (N-methyl/N-ethyl adjacent to an activating group) is 1. The summed E-state index contributed by atoms with van der Waals surface area (Å²) in [6.45, 7) is 0.768. The molecule has 4 fully saturated rings. The van der Waals surface area contributed by atoms with Gasteiger partial charge in [-0.2, -0.15) is 0 Å². The molecule has 4 rings (SSSR count). The molecule has 30 heavy (non-hydrogen) atoms. The normalized spacial score (nSPS) is 35.6. The lowest BCUT2D eigenvalue weighted by Gasteiger charge is -2.37. The molecule has 4 aliphatic rings. The number of hydrogen-bond donors (Lipinski definition) is 4. The zero-order valence-electron chi connectivity index (χ0n) is 18.5. The zero-order chi connectivity index (χ0) is 21.1. The van der Waals surface area contributed by atoms with Crippen molar-refractivity contribution in [1.82, 2.24) is 20.9 Å². The van der Waals surface area contributed by atoms with Crippen LogP contribution in [0.2, 0.25) is 0 Å². The lowest BCUT2D eigenvalue weighted by Crippen LogP contribution is -2.50. The van der Waals surface area contributed by atoms with Crippen molar-refractivity contribution in [2.45, 2.75) is 101 Å². The van der Waals surface area contributed by atoms with Crippen LogP contribution < -0.4 is 16.0 Å². The third-order valence-electron chi connectivity index (χ3n) is 8.02. The van der Waals surface area contributed by atoms with Crippen LogP contribution in [0, 0.1) is 17.2 Å². The van der Waals surface area contributed by atoms with E-state index in [0.717, 1.165) is 63.8 Å². The molecule has 2 amide bonds. The second-order valence-electron chi connectivity index (χ2n) is 10.2. The van der Waals surface area contributed by atoms with Crippen molar-refractivity contribution in [3.05, 3.63) is 0 Å². The van der Waals surface area contributed by atoms with Crippen molar-refractivity contribution in [2.24, 2.45) is 11.8 Å². The van der Waals surface area contributed by atoms with Crippen LogP contribution in [-0.2, 0) is 9.59 Å². The molecule has 0 radical (unpaired) electrons. The number of amides is 2. The van der Waals surface area contributed by atoms with E-state index in [0.29, 0.717) is 12.0 Å². The average molecular weight is 418 g/mol. The van der Waals surface area contributed by atoms with E-state index in [4.69, 9.17) is 5.41 Å². The number of nitrogens with one attached hydrogen (secondary N) is 4. The molecular weight excluding hydrogens is 378 g/mol. The largest absolute Gasteiger partial charge is 0.355 e. The van der Waals surface area contributed by atoms with Gasteiger partial charge < -0.3 is 16.0 Å². The van der Waals surface area contributed by atoms with Crippen molar-refractivity contribution >= 4 is 17.8 Å². The Morgan fingerprint density at radius 1 is 1.07 bits per heavy atom. The molecule has 7 heteroatoms. The minimum atomic E-state index is -0.611. The topological polar surface area (TPSA) is 97.3 Å². The van der Waals surface area contributed by atoms with Gasteiger partial charge in [0.15, 0.2) is 5.96 Å². The van der Waals surface area contributed by atoms with Gasteiger partial charge in [-0.1, -0.05) is 44.9 Å². The highest BCUT2D eigenvalue weighted by Crippen LogP contribution is 2.38. The Kier molecular flexibility index (Phi) is 6.66. The maximum atomic E-state index is 13.2. The summed E-state index contributed by atoms with van der Waals surface area (Å²) in [7, 11) is 1.73. The fourth-order valence-corrected chi connectivity index (χ4v) is 6.28. The van der Waals surface area contributed by atoms with Gasteiger partial charge in [0.2, 0.25) is 5.91 Å². The lowest BCUT2D eigenvalue weighted by atomic mass is 9.74. The molecule has 2 aliphatic carbocycles. The SMILES string of the molecule is CN1C(=N)N[C@](CCC2CCCCC2)(C[C@H]2CCC[C@H](N[C@H]3CCNC3=O)C2)C1=O. The molecule has 2 heterocycles. The van der Waals surface area contributed by atoms with Gasteiger partial charge in [-0.3, -0.25) is 19.9 Å². The number of carbonyl (C=O) groups is 2. The third kappa shape index (κ3) is 4.66. The van der Waals surface area contributed by atoms with Crippen LogP contribution in [0.5, 0.6) is 0 Å². The molecule has 0 aromatic rings. The summed E-state index contributed by atoms with van der Waals surface area (Å²) in [6, 6.07) is 0.293. The predicted octanol–water partition coefficient (Wildman–Crippen LogP) is 2.51. The Morgan fingerprint density at radius 2 is 1.83 bits per heavy atom. The number of rotatable bonds is 7. The first-order valence-corrected chi connectivity index (χ1v) is 12.2. The Morgan fingerprint density at radius 3 is 2.50 bits per heavy atom. The highest BCUT2D eigenvalue weighted by molar-refractivity contribution is 6.07. The summed E-state index contributed by atoms with van der Waals surface area (Å²) in [5, 5.41) is 18.0. The van der Waals surface area contributed by atoms with E-state index < -0.39 is 5.54 Å². The number of nitrogens with zero attached hydrogens (tertiary/aromatic N) is 1. The first-order chi connectivity index (χ1) is 14.5. The summed E-state index contributed by atoms with van der Waals surface area (Å²) in [5.41, 5.74) is -0.611. The highest BCUT2D eigenvalue weighted by Gasteiger charge is 2.49. The number of guanidine groups is 1. The predicted molar refractivity (Wildman–Crippen MR) is 117 cm³/mol. The highest BCUT2D eigenvalue weighted by atomic mass is 16.2. The van der Waals surface area contributed by atoms with Gasteiger partial charge in [0, 0.05) is 19.6 Å². The fraction of sp³-hybridized carbons (Fsp3) is 0.870. The zero-order valence-corrected chi connectivity index (χ0v) is 18.5. The van der Waals surface area contributed by atoms with Crippen molar-refractivity contribution in [1.29, 1.82) is 5.41 Å². The van der Waals surface area contributed by atoms with Crippen LogP contribution >= 0.6 is 0 Å². The summed E-state index contributed by atoms with van der Waals surface area (Å²) < 4.78 is 0. The Labute approximate surface area is 180 Å². The van der Waals surface area contributed by atoms with Crippen molar-refractivity contribution in [2.75, 3.05) is 13.6 Å². The summed E-state index contributed by atoms with van der Waals surface area (Å²) in [5.74, 6) is 1.63. The monoisotopic (exact) mass is 417 g/mol. The van der Waals surface area contributed by atoms with Gasteiger partial charge >= 0.3 is 0 Å². The van der Waals surface area contributed by atoms with Crippen LogP contribution in [0.4, 0.5) is 0 Å². The molecular formula is C23H39N5O2. The maximum absolute atomic E-state index is 13.2. The Bertz CT molecular complexity index is 662. The molecule has 0 aromatic carbocycles. The van der Waals surface area contributed by atoms with Gasteiger partial charge in [0.1, 0.15) is 5.54 Å². The van der Waals surface area contributed by atoms with E-state index in [-0.39, 0.29) is 23.8 Å². The van der Waals surface area contributed by atoms with Crippen LogP contribution in [0.25, 0.3) is 0 Å². The molecule has 0 spiro atoms. The van der Waals surface area contributed by atoms with E-state index in [9.17, 15) is 9.59 Å². The van der Waals surface area contributed by atoms with E-state index >= 15 is 0 Å². The molecule has 7 nitrogen and oxygen atoms in total. The lowest BCUT2D eigenvalue weighted by molar-refractivity contribution is -0.131. The standard InChI is InChI=1S/C23H39N5O2/c1-28-21(30)23(27-22(28)24,12-10-16-6-3-2-4-7-16)15-17-8-5-9-18(14-17)26-19-11-13-25-20(19)29/h16-19,26H,2-15H2,1H3,(H2,24,27)(H,25,29)/t17-,18-,19-,23+/m0/s1. The van der Waals surface area contributed by atoms with Crippen LogP contribution in [0.1, 0.15) is 83.5 Å². The molecule has 2 aliphatic heterocycles. The Hall–Kier alpha value is -1.63. The van der Waals surface area contributed by atoms with Gasteiger partial charge in [0.05, 0.1) is 6.04 Å². The van der Waals surface area contributed by atoms with Crippen LogP contribution in [0.3, 0.4) is 0 Å². The number of hydrogen-bond acceptors (Lipinski definition) is 4. The van der Waals surface area contributed by atoms with Crippen molar-refractivity contribution < 1.29 is 9.59 Å². The van der Waals surface area contributed by atoms with Gasteiger partial charge in [0.25, 0.3) is 5.91 Å². The Balaban J connectivity index is 1.40. The second-order valence-corrected chi connectivity index (χ2v) is 10.2. The van der Waals surface area contributed by atoms with Crippen molar-refractivity contribution in [3.8, 4) is 0 Å². The molecule has 168 valence electrons. The molecule has 2 saturated carbocycles. The summed E-state index contributed by atoms with van der Waals surface area (Å²) >= 11 is 0. The van der Waals surface area contributed by atoms with Gasteiger partial charge in [-0.15, -0.1) is 0 Å². The summed E-state index contributed by atoms with van der Waals surface area (Å²) in [6.07, 6.45) is 14.5. The van der Waals surface area contributed by atoms with Crippen LogP contribution in [0.15, 0.2) is 0 Å². The van der Waals surface area contributed by atoms with E-state index in [1.54, 1.807) is 7.05 Å². The molecule has 0 unspecified atom stereocenters. The number of carbonyl (C=O) groups excluding carboxylic acids is 2. The average Bonchev–Trinajstić information content (AvgIpc) is 3.24. The third-order valence-corrected chi connectivity index (χ3v) is 8.02. The molecule has 0 bridgehead atoms. The first-order valence-electron chi connectivity index (χ1n) is 12.2. The first kappa shape index (κ1) is 21.6.